The van der Waals surface area contributed by atoms with Crippen LogP contribution in [0.15, 0.2) is 0 Å². The number of carbonyl (C=O) groups excluding carboxylic acids is 1. The summed E-state index contributed by atoms with van der Waals surface area (Å²) < 4.78 is 5.24. The molecule has 0 aliphatic carbocycles. The molecule has 0 aromatic carbocycles. The molecule has 0 heterocycles. The minimum absolute atomic E-state index is 0.00155. The van der Waals surface area contributed by atoms with Crippen LogP contribution in [0.2, 0.25) is 0 Å². The van der Waals surface area contributed by atoms with E-state index in [1.807, 2.05) is 0 Å². The number of carbonyl (C=O) groups is 1. The number of unbranched alkanes of at least 4 members (excludes halogenated alkanes) is 9. The summed E-state index contributed by atoms with van der Waals surface area (Å²) in [6.45, 7) is 7.27. The zero-order valence-electron chi connectivity index (χ0n) is 14.8. The number of hydrogen-bond donors (Lipinski definition) is 0. The monoisotopic (exact) mass is 298 g/mol. The summed E-state index contributed by atoms with van der Waals surface area (Å²) in [6, 6.07) is 0. The number of esters is 1. The molecule has 0 aliphatic rings. The number of hydrogen-bond acceptors (Lipinski definition) is 2. The molecule has 0 saturated heterocycles. The Morgan fingerprint density at radius 2 is 1.33 bits per heavy atom. The van der Waals surface area contributed by atoms with E-state index in [0.29, 0.717) is 18.9 Å². The van der Waals surface area contributed by atoms with Crippen LogP contribution in [0.1, 0.15) is 104 Å². The van der Waals surface area contributed by atoms with Gasteiger partial charge in [0, 0.05) is 6.42 Å². The maximum atomic E-state index is 11.5. The molecule has 0 spiro atoms. The summed E-state index contributed by atoms with van der Waals surface area (Å²) in [4.78, 5) is 11.5. The third kappa shape index (κ3) is 17.4. The van der Waals surface area contributed by atoms with E-state index in [4.69, 9.17) is 4.74 Å². The van der Waals surface area contributed by atoms with Gasteiger partial charge in [0.15, 0.2) is 0 Å². The Bertz CT molecular complexity index is 224. The van der Waals surface area contributed by atoms with Crippen LogP contribution in [0.25, 0.3) is 0 Å². The molecule has 0 aromatic heterocycles. The van der Waals surface area contributed by atoms with Crippen LogP contribution in [0, 0.1) is 5.92 Å². The van der Waals surface area contributed by atoms with Gasteiger partial charge >= 0.3 is 5.97 Å². The summed E-state index contributed by atoms with van der Waals surface area (Å²) in [5, 5.41) is 0. The summed E-state index contributed by atoms with van der Waals surface area (Å²) in [5.74, 6) is 0.698. The van der Waals surface area contributed by atoms with Gasteiger partial charge in [-0.25, -0.2) is 0 Å². The smallest absolute Gasteiger partial charge is 0.305 e. The highest BCUT2D eigenvalue weighted by molar-refractivity contribution is 5.69. The lowest BCUT2D eigenvalue weighted by molar-refractivity contribution is -0.143. The minimum atomic E-state index is -0.00155. The van der Waals surface area contributed by atoms with Crippen molar-refractivity contribution in [3.05, 3.63) is 0 Å². The maximum Gasteiger partial charge on any atom is 0.305 e. The van der Waals surface area contributed by atoms with Crippen LogP contribution >= 0.6 is 0 Å². The summed E-state index contributed by atoms with van der Waals surface area (Å²) in [5.41, 5.74) is 0. The first-order valence-corrected chi connectivity index (χ1v) is 9.32. The molecule has 0 radical (unpaired) electrons. The van der Waals surface area contributed by atoms with Gasteiger partial charge in [-0.15, -0.1) is 0 Å². The molecule has 0 fully saturated rings. The first-order chi connectivity index (χ1) is 10.2. The van der Waals surface area contributed by atoms with E-state index in [2.05, 4.69) is 20.8 Å². The Morgan fingerprint density at radius 3 is 1.86 bits per heavy atom. The summed E-state index contributed by atoms with van der Waals surface area (Å²) >= 11 is 0. The zero-order chi connectivity index (χ0) is 15.8. The van der Waals surface area contributed by atoms with Gasteiger partial charge in [0.1, 0.15) is 0 Å². The van der Waals surface area contributed by atoms with Gasteiger partial charge in [0.25, 0.3) is 0 Å². The molecule has 0 aliphatic heterocycles. The summed E-state index contributed by atoms with van der Waals surface area (Å²) in [7, 11) is 0. The third-order valence-corrected chi connectivity index (χ3v) is 3.92. The molecule has 2 nitrogen and oxygen atoms in total. The first-order valence-electron chi connectivity index (χ1n) is 9.32. The van der Waals surface area contributed by atoms with Gasteiger partial charge in [-0.2, -0.15) is 0 Å². The lowest BCUT2D eigenvalue weighted by Crippen LogP contribution is -2.06. The van der Waals surface area contributed by atoms with E-state index < -0.39 is 0 Å². The fraction of sp³-hybridized carbons (Fsp3) is 0.947. The third-order valence-electron chi connectivity index (χ3n) is 3.92. The Balaban J connectivity index is 3.14. The van der Waals surface area contributed by atoms with Crippen molar-refractivity contribution in [1.82, 2.24) is 0 Å². The molecule has 0 saturated carbocycles. The van der Waals surface area contributed by atoms with Crippen molar-refractivity contribution in [2.45, 2.75) is 104 Å². The fourth-order valence-corrected chi connectivity index (χ4v) is 2.51. The van der Waals surface area contributed by atoms with Gasteiger partial charge < -0.3 is 4.74 Å². The zero-order valence-corrected chi connectivity index (χ0v) is 14.8. The van der Waals surface area contributed by atoms with Gasteiger partial charge in [0.2, 0.25) is 0 Å². The molecule has 0 amide bonds. The van der Waals surface area contributed by atoms with Crippen LogP contribution in [-0.2, 0) is 9.53 Å². The molecule has 0 atom stereocenters. The average molecular weight is 299 g/mol. The standard InChI is InChI=1S/C19H38O2/c1-4-5-6-7-8-9-10-11-12-13-16-19(20)21-17-14-15-18(2)3/h18H,4-17H2,1-3H3. The lowest BCUT2D eigenvalue weighted by Gasteiger charge is -2.06. The van der Waals surface area contributed by atoms with Crippen LogP contribution in [0.4, 0.5) is 0 Å². The van der Waals surface area contributed by atoms with Crippen molar-refractivity contribution in [1.29, 1.82) is 0 Å². The molecular formula is C19H38O2. The highest BCUT2D eigenvalue weighted by Gasteiger charge is 2.03. The van der Waals surface area contributed by atoms with Crippen molar-refractivity contribution in [3.8, 4) is 0 Å². The lowest BCUT2D eigenvalue weighted by atomic mass is 10.1. The van der Waals surface area contributed by atoms with E-state index in [-0.39, 0.29) is 5.97 Å². The quantitative estimate of drug-likeness (QED) is 0.263. The van der Waals surface area contributed by atoms with Crippen LogP contribution in [0.5, 0.6) is 0 Å². The second-order valence-electron chi connectivity index (χ2n) is 6.69. The van der Waals surface area contributed by atoms with Crippen LogP contribution in [0.3, 0.4) is 0 Å². The van der Waals surface area contributed by atoms with Crippen molar-refractivity contribution in [2.75, 3.05) is 6.61 Å². The predicted octanol–water partition coefficient (Wildman–Crippen LogP) is 6.28. The highest BCUT2D eigenvalue weighted by atomic mass is 16.5. The maximum absolute atomic E-state index is 11.5. The second kappa shape index (κ2) is 15.9. The Labute approximate surface area is 133 Å². The average Bonchev–Trinajstić information content (AvgIpc) is 2.45. The number of rotatable bonds is 15. The van der Waals surface area contributed by atoms with Crippen LogP contribution < -0.4 is 0 Å². The van der Waals surface area contributed by atoms with E-state index in [1.165, 1.54) is 57.8 Å². The van der Waals surface area contributed by atoms with Crippen molar-refractivity contribution in [3.63, 3.8) is 0 Å². The molecule has 0 bridgehead atoms. The van der Waals surface area contributed by atoms with Gasteiger partial charge in [-0.1, -0.05) is 78.6 Å². The molecule has 0 unspecified atom stereocenters. The van der Waals surface area contributed by atoms with E-state index in [9.17, 15) is 4.79 Å². The Kier molecular flexibility index (Phi) is 15.5. The largest absolute Gasteiger partial charge is 0.466 e. The highest BCUT2D eigenvalue weighted by Crippen LogP contribution is 2.11. The molecular weight excluding hydrogens is 260 g/mol. The van der Waals surface area contributed by atoms with Crippen molar-refractivity contribution in [2.24, 2.45) is 5.92 Å². The molecule has 0 aromatic rings. The van der Waals surface area contributed by atoms with Crippen molar-refractivity contribution >= 4 is 5.97 Å². The number of ether oxygens (including phenoxy) is 1. The van der Waals surface area contributed by atoms with Crippen LogP contribution in [-0.4, -0.2) is 12.6 Å². The Hall–Kier alpha value is -0.530. The normalized spacial score (nSPS) is 11.0. The van der Waals surface area contributed by atoms with Gasteiger partial charge in [0.05, 0.1) is 6.61 Å². The van der Waals surface area contributed by atoms with Gasteiger partial charge in [-0.3, -0.25) is 4.79 Å². The van der Waals surface area contributed by atoms with E-state index in [1.54, 1.807) is 0 Å². The minimum Gasteiger partial charge on any atom is -0.466 e. The van der Waals surface area contributed by atoms with E-state index >= 15 is 0 Å². The van der Waals surface area contributed by atoms with Gasteiger partial charge in [-0.05, 0) is 25.2 Å². The molecule has 126 valence electrons. The predicted molar refractivity (Wildman–Crippen MR) is 91.5 cm³/mol. The molecule has 0 N–H and O–H groups in total. The summed E-state index contributed by atoms with van der Waals surface area (Å²) in [6.07, 6.45) is 15.8. The first kappa shape index (κ1) is 20.5. The fourth-order valence-electron chi connectivity index (χ4n) is 2.51. The molecule has 2 heteroatoms. The Morgan fingerprint density at radius 1 is 0.810 bits per heavy atom. The second-order valence-corrected chi connectivity index (χ2v) is 6.69. The topological polar surface area (TPSA) is 26.3 Å². The molecule has 0 rings (SSSR count). The van der Waals surface area contributed by atoms with E-state index in [0.717, 1.165) is 19.3 Å². The SMILES string of the molecule is CCCCCCCCCCCCC(=O)OCCCC(C)C. The molecule has 21 heavy (non-hydrogen) atoms. The van der Waals surface area contributed by atoms with Crippen molar-refractivity contribution < 1.29 is 9.53 Å².